The third-order valence-corrected chi connectivity index (χ3v) is 7.35. The van der Waals surface area contributed by atoms with Crippen LogP contribution in [0.3, 0.4) is 0 Å². The topological polar surface area (TPSA) is 51.2 Å². The lowest BCUT2D eigenvalue weighted by molar-refractivity contribution is -0.133. The minimum atomic E-state index is 0. The van der Waals surface area contributed by atoms with Crippen LogP contribution in [0.1, 0.15) is 32.6 Å². The van der Waals surface area contributed by atoms with Crippen molar-refractivity contribution in [2.24, 2.45) is 10.9 Å². The number of thioether (sulfide) groups is 1. The minimum Gasteiger partial charge on any atom is -0.357 e. The van der Waals surface area contributed by atoms with Crippen molar-refractivity contribution in [3.05, 3.63) is 30.3 Å². The molecule has 2 saturated heterocycles. The summed E-state index contributed by atoms with van der Waals surface area (Å²) in [5.41, 5.74) is 0. The Bertz CT molecular complexity index is 718. The Morgan fingerprint density at radius 3 is 2.72 bits per heavy atom. The molecule has 2 fully saturated rings. The molecule has 0 aliphatic carbocycles. The number of halogens is 1. The number of carbonyl (C=O) groups is 1. The number of nitrogens with one attached hydrogen (secondary N) is 1. The van der Waals surface area contributed by atoms with Gasteiger partial charge in [-0.05, 0) is 57.2 Å². The molecule has 0 radical (unpaired) electrons. The number of carbonyl (C=O) groups excluding carboxylic acids is 1. The highest BCUT2D eigenvalue weighted by Crippen LogP contribution is 2.26. The molecule has 1 aromatic carbocycles. The molecular weight excluding hydrogens is 533 g/mol. The maximum Gasteiger partial charge on any atom is 0.239 e. The normalized spacial score (nSPS) is 21.5. The summed E-state index contributed by atoms with van der Waals surface area (Å²) < 4.78 is 0. The highest BCUT2D eigenvalue weighted by molar-refractivity contribution is 14.0. The van der Waals surface area contributed by atoms with Crippen LogP contribution in [0.2, 0.25) is 0 Å². The fourth-order valence-corrected chi connectivity index (χ4v) is 5.50. The molecule has 0 spiro atoms. The van der Waals surface area contributed by atoms with Crippen molar-refractivity contribution in [2.45, 2.75) is 43.5 Å². The SMILES string of the molecule is CCNC(=NCCCN1CCCC1C(=O)N(C)C)N1CCC(CSc2ccccc2)C1.I. The lowest BCUT2D eigenvalue weighted by atomic mass is 10.2. The van der Waals surface area contributed by atoms with Crippen LogP contribution >= 0.6 is 35.7 Å². The predicted octanol–water partition coefficient (Wildman–Crippen LogP) is 3.63. The molecule has 8 heteroatoms. The zero-order valence-corrected chi connectivity index (χ0v) is 23.0. The van der Waals surface area contributed by atoms with Gasteiger partial charge in [0.2, 0.25) is 5.91 Å². The lowest BCUT2D eigenvalue weighted by Crippen LogP contribution is -2.43. The maximum absolute atomic E-state index is 12.4. The van der Waals surface area contributed by atoms with E-state index in [9.17, 15) is 4.79 Å². The van der Waals surface area contributed by atoms with Crippen LogP contribution in [0.4, 0.5) is 0 Å². The Kier molecular flexibility index (Phi) is 12.2. The van der Waals surface area contributed by atoms with E-state index in [0.29, 0.717) is 5.92 Å². The summed E-state index contributed by atoms with van der Waals surface area (Å²) in [5.74, 6) is 3.16. The molecule has 2 aliphatic heterocycles. The fraction of sp³-hybridized carbons (Fsp3) is 0.667. The van der Waals surface area contributed by atoms with Gasteiger partial charge in [-0.1, -0.05) is 18.2 Å². The summed E-state index contributed by atoms with van der Waals surface area (Å²) in [5, 5.41) is 3.48. The summed E-state index contributed by atoms with van der Waals surface area (Å²) in [6.45, 7) is 7.97. The quantitative estimate of drug-likeness (QED) is 0.161. The van der Waals surface area contributed by atoms with E-state index in [2.05, 4.69) is 52.4 Å². The second-order valence-electron chi connectivity index (χ2n) is 8.74. The number of likely N-dealkylation sites (tertiary alicyclic amines) is 2. The summed E-state index contributed by atoms with van der Waals surface area (Å²) in [7, 11) is 3.71. The molecule has 0 saturated carbocycles. The van der Waals surface area contributed by atoms with Crippen molar-refractivity contribution in [1.82, 2.24) is 20.0 Å². The number of amides is 1. The zero-order valence-electron chi connectivity index (χ0n) is 19.8. The third-order valence-electron chi connectivity index (χ3n) is 6.10. The molecule has 0 aromatic heterocycles. The van der Waals surface area contributed by atoms with Gasteiger partial charge in [-0.3, -0.25) is 14.7 Å². The van der Waals surface area contributed by atoms with E-state index in [1.807, 2.05) is 25.9 Å². The molecule has 32 heavy (non-hydrogen) atoms. The van der Waals surface area contributed by atoms with Crippen LogP contribution in [-0.2, 0) is 4.79 Å². The molecule has 2 unspecified atom stereocenters. The van der Waals surface area contributed by atoms with Crippen LogP contribution in [0.25, 0.3) is 0 Å². The van der Waals surface area contributed by atoms with Crippen molar-refractivity contribution >= 4 is 47.6 Å². The summed E-state index contributed by atoms with van der Waals surface area (Å²) in [6.07, 6.45) is 4.32. The standard InChI is InChI=1S/C24H39N5OS.HI/c1-4-25-24(26-14-9-16-28-15-8-12-22(28)23(30)27(2)3)29-17-13-20(18-29)19-31-21-10-6-5-7-11-21;/h5-7,10-11,20,22H,4,8-9,12-19H2,1-3H3,(H,25,26);1H. The fourth-order valence-electron chi connectivity index (χ4n) is 4.45. The van der Waals surface area contributed by atoms with Crippen LogP contribution in [0.15, 0.2) is 40.2 Å². The van der Waals surface area contributed by atoms with Crippen molar-refractivity contribution in [3.8, 4) is 0 Å². The Balaban J connectivity index is 0.00000363. The van der Waals surface area contributed by atoms with Crippen molar-refractivity contribution in [3.63, 3.8) is 0 Å². The maximum atomic E-state index is 12.4. The Morgan fingerprint density at radius 2 is 2.00 bits per heavy atom. The molecule has 2 atom stereocenters. The average molecular weight is 574 g/mol. The van der Waals surface area contributed by atoms with E-state index in [-0.39, 0.29) is 35.9 Å². The first kappa shape index (κ1) is 27.2. The number of rotatable bonds is 9. The minimum absolute atomic E-state index is 0. The first-order valence-electron chi connectivity index (χ1n) is 11.7. The molecule has 1 N–H and O–H groups in total. The number of hydrogen-bond donors (Lipinski definition) is 1. The molecule has 0 bridgehead atoms. The lowest BCUT2D eigenvalue weighted by Gasteiger charge is -2.26. The van der Waals surface area contributed by atoms with E-state index in [1.54, 1.807) is 4.90 Å². The predicted molar refractivity (Wildman–Crippen MR) is 146 cm³/mol. The first-order chi connectivity index (χ1) is 15.1. The summed E-state index contributed by atoms with van der Waals surface area (Å²) >= 11 is 1.96. The van der Waals surface area contributed by atoms with Gasteiger partial charge in [-0.2, -0.15) is 0 Å². The van der Waals surface area contributed by atoms with Gasteiger partial charge in [0, 0.05) is 57.5 Å². The summed E-state index contributed by atoms with van der Waals surface area (Å²) in [6, 6.07) is 10.7. The number of benzene rings is 1. The van der Waals surface area contributed by atoms with Crippen LogP contribution in [0, 0.1) is 5.92 Å². The van der Waals surface area contributed by atoms with Crippen LogP contribution < -0.4 is 5.32 Å². The Morgan fingerprint density at radius 1 is 1.22 bits per heavy atom. The highest BCUT2D eigenvalue weighted by Gasteiger charge is 2.31. The van der Waals surface area contributed by atoms with Gasteiger partial charge in [0.15, 0.2) is 5.96 Å². The van der Waals surface area contributed by atoms with E-state index in [0.717, 1.165) is 70.2 Å². The molecule has 2 heterocycles. The van der Waals surface area contributed by atoms with Crippen LogP contribution in [0.5, 0.6) is 0 Å². The second kappa shape index (κ2) is 14.3. The molecule has 1 aromatic rings. The average Bonchev–Trinajstić information content (AvgIpc) is 3.44. The number of guanidine groups is 1. The zero-order chi connectivity index (χ0) is 22.1. The summed E-state index contributed by atoms with van der Waals surface area (Å²) in [4.78, 5) is 25.1. The number of aliphatic imine (C=N–C) groups is 1. The van der Waals surface area contributed by atoms with Gasteiger partial charge in [0.05, 0.1) is 6.04 Å². The van der Waals surface area contributed by atoms with Gasteiger partial charge in [0.25, 0.3) is 0 Å². The first-order valence-corrected chi connectivity index (χ1v) is 12.7. The van der Waals surface area contributed by atoms with Crippen molar-refractivity contribution < 1.29 is 4.79 Å². The van der Waals surface area contributed by atoms with Crippen LogP contribution in [-0.4, -0.2) is 91.7 Å². The van der Waals surface area contributed by atoms with Gasteiger partial charge in [-0.25, -0.2) is 0 Å². The molecule has 2 aliphatic rings. The van der Waals surface area contributed by atoms with Gasteiger partial charge in [-0.15, -0.1) is 35.7 Å². The Hall–Kier alpha value is -1.000. The second-order valence-corrected chi connectivity index (χ2v) is 9.83. The molecule has 180 valence electrons. The molecule has 6 nitrogen and oxygen atoms in total. The Labute approximate surface area is 215 Å². The molecule has 3 rings (SSSR count). The van der Waals surface area contributed by atoms with E-state index in [4.69, 9.17) is 4.99 Å². The monoisotopic (exact) mass is 573 g/mol. The van der Waals surface area contributed by atoms with Crippen molar-refractivity contribution in [2.75, 3.05) is 59.1 Å². The van der Waals surface area contributed by atoms with E-state index >= 15 is 0 Å². The molecule has 1 amide bonds. The molecular formula is C24H40IN5OS. The van der Waals surface area contributed by atoms with Gasteiger partial charge < -0.3 is 15.1 Å². The highest BCUT2D eigenvalue weighted by atomic mass is 127. The number of nitrogens with zero attached hydrogens (tertiary/aromatic N) is 4. The third kappa shape index (κ3) is 8.09. The van der Waals surface area contributed by atoms with E-state index in [1.165, 1.54) is 11.3 Å². The van der Waals surface area contributed by atoms with Crippen molar-refractivity contribution in [1.29, 1.82) is 0 Å². The van der Waals surface area contributed by atoms with E-state index < -0.39 is 0 Å². The van der Waals surface area contributed by atoms with Gasteiger partial charge >= 0.3 is 0 Å². The smallest absolute Gasteiger partial charge is 0.239 e. The number of hydrogen-bond acceptors (Lipinski definition) is 4. The largest absolute Gasteiger partial charge is 0.357 e. The van der Waals surface area contributed by atoms with Gasteiger partial charge in [0.1, 0.15) is 0 Å². The number of likely N-dealkylation sites (N-methyl/N-ethyl adjacent to an activating group) is 1.